The van der Waals surface area contributed by atoms with Crippen LogP contribution in [0.2, 0.25) is 0 Å². The Labute approximate surface area is 96.9 Å². The molecule has 0 saturated carbocycles. The third-order valence-electron chi connectivity index (χ3n) is 2.35. The van der Waals surface area contributed by atoms with Gasteiger partial charge >= 0.3 is 0 Å². The third-order valence-corrected chi connectivity index (χ3v) is 2.35. The molecule has 0 saturated heterocycles. The van der Waals surface area contributed by atoms with Gasteiger partial charge in [-0.25, -0.2) is 0 Å². The van der Waals surface area contributed by atoms with Crippen LogP contribution in [0.4, 0.5) is 0 Å². The first-order valence-corrected chi connectivity index (χ1v) is 5.38. The molecular formula is C12H20N2O2. The first kappa shape index (κ1) is 12.8. The van der Waals surface area contributed by atoms with E-state index in [4.69, 9.17) is 9.47 Å². The van der Waals surface area contributed by atoms with Crippen molar-refractivity contribution < 1.29 is 9.47 Å². The summed E-state index contributed by atoms with van der Waals surface area (Å²) in [4.78, 5) is 0. The van der Waals surface area contributed by atoms with Gasteiger partial charge in [0.25, 0.3) is 0 Å². The molecule has 0 spiro atoms. The summed E-state index contributed by atoms with van der Waals surface area (Å²) >= 11 is 0. The lowest BCUT2D eigenvalue weighted by molar-refractivity contribution is 0.350. The molecule has 0 aliphatic heterocycles. The van der Waals surface area contributed by atoms with E-state index >= 15 is 0 Å². The van der Waals surface area contributed by atoms with E-state index in [1.165, 1.54) is 0 Å². The van der Waals surface area contributed by atoms with E-state index in [1.807, 2.05) is 25.2 Å². The maximum absolute atomic E-state index is 5.34. The number of likely N-dealkylation sites (N-methyl/N-ethyl adjacent to an activating group) is 1. The second-order valence-electron chi connectivity index (χ2n) is 3.43. The summed E-state index contributed by atoms with van der Waals surface area (Å²) in [6.07, 6.45) is 0. The molecule has 0 heterocycles. The molecular weight excluding hydrogens is 204 g/mol. The SMILES string of the molecule is CNCCNCc1cccc(OC)c1OC. The molecule has 4 nitrogen and oxygen atoms in total. The van der Waals surface area contributed by atoms with Crippen molar-refractivity contribution in [3.63, 3.8) is 0 Å². The number of methoxy groups -OCH3 is 2. The standard InChI is InChI=1S/C12H20N2O2/c1-13-7-8-14-9-10-5-4-6-11(15-2)12(10)16-3/h4-6,13-14H,7-9H2,1-3H3. The Balaban J connectivity index is 2.63. The van der Waals surface area contributed by atoms with E-state index < -0.39 is 0 Å². The number of rotatable bonds is 7. The molecule has 0 bridgehead atoms. The number of hydrogen-bond donors (Lipinski definition) is 2. The molecule has 1 rings (SSSR count). The first-order chi connectivity index (χ1) is 7.83. The van der Waals surface area contributed by atoms with Crippen LogP contribution in [0.25, 0.3) is 0 Å². The van der Waals surface area contributed by atoms with Crippen LogP contribution in [0.5, 0.6) is 11.5 Å². The first-order valence-electron chi connectivity index (χ1n) is 5.38. The molecule has 0 aromatic heterocycles. The van der Waals surface area contributed by atoms with E-state index in [0.717, 1.165) is 36.7 Å². The molecule has 0 fully saturated rings. The van der Waals surface area contributed by atoms with Gasteiger partial charge in [0.05, 0.1) is 14.2 Å². The topological polar surface area (TPSA) is 42.5 Å². The van der Waals surface area contributed by atoms with Gasteiger partial charge in [-0.15, -0.1) is 0 Å². The lowest BCUT2D eigenvalue weighted by Crippen LogP contribution is -2.24. The van der Waals surface area contributed by atoms with Gasteiger partial charge in [0.15, 0.2) is 11.5 Å². The van der Waals surface area contributed by atoms with Crippen molar-refractivity contribution >= 4 is 0 Å². The minimum Gasteiger partial charge on any atom is -0.493 e. The molecule has 16 heavy (non-hydrogen) atoms. The zero-order chi connectivity index (χ0) is 11.8. The molecule has 2 N–H and O–H groups in total. The van der Waals surface area contributed by atoms with Gasteiger partial charge < -0.3 is 20.1 Å². The zero-order valence-corrected chi connectivity index (χ0v) is 10.2. The van der Waals surface area contributed by atoms with Gasteiger partial charge in [0.1, 0.15) is 0 Å². The average molecular weight is 224 g/mol. The molecule has 0 radical (unpaired) electrons. The number of benzene rings is 1. The lowest BCUT2D eigenvalue weighted by Gasteiger charge is -2.12. The number of para-hydroxylation sites is 1. The summed E-state index contributed by atoms with van der Waals surface area (Å²) in [5, 5.41) is 6.42. The Hall–Kier alpha value is -1.26. The lowest BCUT2D eigenvalue weighted by atomic mass is 10.2. The predicted molar refractivity (Wildman–Crippen MR) is 65.2 cm³/mol. The highest BCUT2D eigenvalue weighted by atomic mass is 16.5. The van der Waals surface area contributed by atoms with Crippen molar-refractivity contribution in [1.29, 1.82) is 0 Å². The highest BCUT2D eigenvalue weighted by molar-refractivity contribution is 5.46. The van der Waals surface area contributed by atoms with E-state index in [2.05, 4.69) is 10.6 Å². The Morgan fingerprint density at radius 3 is 2.56 bits per heavy atom. The zero-order valence-electron chi connectivity index (χ0n) is 10.2. The average Bonchev–Trinajstić information content (AvgIpc) is 2.34. The predicted octanol–water partition coefficient (Wildman–Crippen LogP) is 1.01. The molecule has 0 aliphatic rings. The van der Waals surface area contributed by atoms with Crippen LogP contribution in [0.1, 0.15) is 5.56 Å². The molecule has 90 valence electrons. The van der Waals surface area contributed by atoms with Crippen LogP contribution in [-0.2, 0) is 6.54 Å². The van der Waals surface area contributed by atoms with Crippen LogP contribution in [0.3, 0.4) is 0 Å². The van der Waals surface area contributed by atoms with Gasteiger partial charge in [0.2, 0.25) is 0 Å². The monoisotopic (exact) mass is 224 g/mol. The third kappa shape index (κ3) is 3.40. The molecule has 0 unspecified atom stereocenters. The van der Waals surface area contributed by atoms with Gasteiger partial charge in [-0.1, -0.05) is 12.1 Å². The van der Waals surface area contributed by atoms with E-state index in [0.29, 0.717) is 0 Å². The Bertz CT molecular complexity index is 316. The maximum atomic E-state index is 5.34. The van der Waals surface area contributed by atoms with Crippen molar-refractivity contribution in [2.45, 2.75) is 6.54 Å². The summed E-state index contributed by atoms with van der Waals surface area (Å²) in [5.41, 5.74) is 1.11. The van der Waals surface area contributed by atoms with E-state index in [1.54, 1.807) is 14.2 Å². The van der Waals surface area contributed by atoms with E-state index in [9.17, 15) is 0 Å². The Morgan fingerprint density at radius 1 is 1.12 bits per heavy atom. The second-order valence-corrected chi connectivity index (χ2v) is 3.43. The second kappa shape index (κ2) is 7.09. The smallest absolute Gasteiger partial charge is 0.165 e. The number of ether oxygens (including phenoxy) is 2. The van der Waals surface area contributed by atoms with Crippen LogP contribution in [-0.4, -0.2) is 34.4 Å². The summed E-state index contributed by atoms with van der Waals surface area (Å²) in [5.74, 6) is 1.58. The molecule has 1 aromatic rings. The highest BCUT2D eigenvalue weighted by Crippen LogP contribution is 2.30. The minimum atomic E-state index is 0.774. The molecule has 0 aliphatic carbocycles. The van der Waals surface area contributed by atoms with Crippen molar-refractivity contribution in [2.24, 2.45) is 0 Å². The highest BCUT2D eigenvalue weighted by Gasteiger charge is 2.08. The largest absolute Gasteiger partial charge is 0.493 e. The van der Waals surface area contributed by atoms with Crippen molar-refractivity contribution in [3.8, 4) is 11.5 Å². The van der Waals surface area contributed by atoms with Crippen molar-refractivity contribution in [3.05, 3.63) is 23.8 Å². The summed E-state index contributed by atoms with van der Waals surface area (Å²) in [7, 11) is 5.25. The Morgan fingerprint density at radius 2 is 1.94 bits per heavy atom. The van der Waals surface area contributed by atoms with Gasteiger partial charge in [-0.05, 0) is 13.1 Å². The maximum Gasteiger partial charge on any atom is 0.165 e. The molecule has 1 aromatic carbocycles. The molecule has 0 amide bonds. The molecule has 4 heteroatoms. The fourth-order valence-corrected chi connectivity index (χ4v) is 1.53. The summed E-state index contributed by atoms with van der Waals surface area (Å²) < 4.78 is 10.6. The minimum absolute atomic E-state index is 0.774. The summed E-state index contributed by atoms with van der Waals surface area (Å²) in [6.45, 7) is 2.66. The molecule has 0 atom stereocenters. The van der Waals surface area contributed by atoms with E-state index in [-0.39, 0.29) is 0 Å². The van der Waals surface area contributed by atoms with Crippen LogP contribution >= 0.6 is 0 Å². The van der Waals surface area contributed by atoms with Crippen molar-refractivity contribution in [2.75, 3.05) is 34.4 Å². The van der Waals surface area contributed by atoms with Gasteiger partial charge in [-0.2, -0.15) is 0 Å². The normalized spacial score (nSPS) is 10.2. The van der Waals surface area contributed by atoms with Crippen LogP contribution in [0.15, 0.2) is 18.2 Å². The van der Waals surface area contributed by atoms with Crippen molar-refractivity contribution in [1.82, 2.24) is 10.6 Å². The quantitative estimate of drug-likeness (QED) is 0.678. The number of nitrogens with one attached hydrogen (secondary N) is 2. The number of hydrogen-bond acceptors (Lipinski definition) is 4. The van der Waals surface area contributed by atoms with Crippen LogP contribution < -0.4 is 20.1 Å². The summed E-state index contributed by atoms with van der Waals surface area (Å²) in [6, 6.07) is 5.90. The van der Waals surface area contributed by atoms with Gasteiger partial charge in [0, 0.05) is 25.2 Å². The van der Waals surface area contributed by atoms with Crippen LogP contribution in [0, 0.1) is 0 Å². The fraction of sp³-hybridized carbons (Fsp3) is 0.500. The Kier molecular flexibility index (Phi) is 5.67. The van der Waals surface area contributed by atoms with Gasteiger partial charge in [-0.3, -0.25) is 0 Å². The fourth-order valence-electron chi connectivity index (χ4n) is 1.53.